The lowest BCUT2D eigenvalue weighted by Gasteiger charge is -2.26. The Bertz CT molecular complexity index is 962. The van der Waals surface area contributed by atoms with Gasteiger partial charge in [0.2, 0.25) is 5.91 Å². The second-order valence-electron chi connectivity index (χ2n) is 7.02. The smallest absolute Gasteiger partial charge is 0.221 e. The summed E-state index contributed by atoms with van der Waals surface area (Å²) in [5.74, 6) is 0.939. The number of imidazole rings is 1. The summed E-state index contributed by atoms with van der Waals surface area (Å²) in [6, 6.07) is 14.4. The standard InChI is InChI=1S/C21H24N4O2/c1-14-4-3-5-19-21(14)24-20-13-27-12-18(25(19)20)11-22-10-16-6-8-17(9-7-16)23-15(2)26/h3-9,18,22H,10-13H2,1-2H3,(H,23,26)/t18-/m0/s1. The molecular weight excluding hydrogens is 340 g/mol. The first-order valence-electron chi connectivity index (χ1n) is 9.23. The average Bonchev–Trinajstić information content (AvgIpc) is 3.04. The fourth-order valence-electron chi connectivity index (χ4n) is 3.62. The Labute approximate surface area is 158 Å². The molecule has 6 nitrogen and oxygen atoms in total. The Balaban J connectivity index is 1.43. The van der Waals surface area contributed by atoms with E-state index in [1.165, 1.54) is 23.6 Å². The number of ether oxygens (including phenoxy) is 1. The molecule has 0 fully saturated rings. The molecular formula is C21H24N4O2. The van der Waals surface area contributed by atoms with Crippen LogP contribution in [0.2, 0.25) is 0 Å². The lowest BCUT2D eigenvalue weighted by molar-refractivity contribution is -0.114. The molecule has 0 unspecified atom stereocenters. The monoisotopic (exact) mass is 364 g/mol. The largest absolute Gasteiger partial charge is 0.371 e. The number of nitrogens with one attached hydrogen (secondary N) is 2. The van der Waals surface area contributed by atoms with Crippen molar-refractivity contribution in [3.8, 4) is 0 Å². The molecule has 140 valence electrons. The van der Waals surface area contributed by atoms with E-state index in [0.717, 1.165) is 30.1 Å². The molecule has 1 aliphatic heterocycles. The van der Waals surface area contributed by atoms with Crippen LogP contribution in [0.25, 0.3) is 11.0 Å². The van der Waals surface area contributed by atoms with Gasteiger partial charge in [-0.15, -0.1) is 0 Å². The van der Waals surface area contributed by atoms with E-state index in [4.69, 9.17) is 9.72 Å². The van der Waals surface area contributed by atoms with Crippen molar-refractivity contribution in [3.05, 3.63) is 59.4 Å². The Morgan fingerprint density at radius 1 is 1.26 bits per heavy atom. The van der Waals surface area contributed by atoms with E-state index in [0.29, 0.717) is 13.2 Å². The molecule has 1 aromatic heterocycles. The zero-order valence-corrected chi connectivity index (χ0v) is 15.7. The van der Waals surface area contributed by atoms with Crippen LogP contribution in [0.15, 0.2) is 42.5 Å². The van der Waals surface area contributed by atoms with Gasteiger partial charge in [0.1, 0.15) is 12.4 Å². The van der Waals surface area contributed by atoms with Crippen LogP contribution in [0, 0.1) is 6.92 Å². The first kappa shape index (κ1) is 17.7. The van der Waals surface area contributed by atoms with Gasteiger partial charge in [0, 0.05) is 25.7 Å². The molecule has 1 amide bonds. The van der Waals surface area contributed by atoms with Crippen LogP contribution in [-0.4, -0.2) is 28.6 Å². The van der Waals surface area contributed by atoms with Crippen molar-refractivity contribution in [2.75, 3.05) is 18.5 Å². The number of hydrogen-bond donors (Lipinski definition) is 2. The minimum absolute atomic E-state index is 0.0585. The van der Waals surface area contributed by atoms with Crippen molar-refractivity contribution in [2.45, 2.75) is 33.0 Å². The van der Waals surface area contributed by atoms with E-state index in [1.54, 1.807) is 0 Å². The maximum Gasteiger partial charge on any atom is 0.221 e. The molecule has 3 aromatic rings. The summed E-state index contributed by atoms with van der Waals surface area (Å²) in [7, 11) is 0. The molecule has 0 spiro atoms. The molecule has 2 heterocycles. The molecule has 2 N–H and O–H groups in total. The molecule has 0 saturated carbocycles. The first-order valence-corrected chi connectivity index (χ1v) is 9.23. The molecule has 6 heteroatoms. The van der Waals surface area contributed by atoms with Gasteiger partial charge in [-0.3, -0.25) is 4.79 Å². The van der Waals surface area contributed by atoms with E-state index in [1.807, 2.05) is 24.3 Å². The fourth-order valence-corrected chi connectivity index (χ4v) is 3.62. The first-order chi connectivity index (χ1) is 13.1. The summed E-state index contributed by atoms with van der Waals surface area (Å²) >= 11 is 0. The Morgan fingerprint density at radius 2 is 2.07 bits per heavy atom. The minimum atomic E-state index is -0.0585. The Morgan fingerprint density at radius 3 is 2.85 bits per heavy atom. The van der Waals surface area contributed by atoms with E-state index >= 15 is 0 Å². The highest BCUT2D eigenvalue weighted by atomic mass is 16.5. The number of aryl methyl sites for hydroxylation is 1. The van der Waals surface area contributed by atoms with Crippen molar-refractivity contribution in [1.29, 1.82) is 0 Å². The summed E-state index contributed by atoms with van der Waals surface area (Å²) in [5.41, 5.74) is 5.43. The third-order valence-corrected chi connectivity index (χ3v) is 4.88. The van der Waals surface area contributed by atoms with Crippen LogP contribution >= 0.6 is 0 Å². The van der Waals surface area contributed by atoms with Gasteiger partial charge in [0.15, 0.2) is 0 Å². The second kappa shape index (κ2) is 7.50. The van der Waals surface area contributed by atoms with E-state index in [2.05, 4.69) is 40.3 Å². The SMILES string of the molecule is CC(=O)Nc1ccc(CNC[C@H]2COCc3nc4c(C)cccc4n32)cc1. The highest BCUT2D eigenvalue weighted by Gasteiger charge is 2.24. The predicted molar refractivity (Wildman–Crippen MR) is 106 cm³/mol. The molecule has 0 saturated heterocycles. The number of anilines is 1. The molecule has 0 bridgehead atoms. The fraction of sp³-hybridized carbons (Fsp3) is 0.333. The summed E-state index contributed by atoms with van der Waals surface area (Å²) in [5, 5.41) is 6.31. The van der Waals surface area contributed by atoms with Crippen molar-refractivity contribution in [3.63, 3.8) is 0 Å². The normalized spacial score (nSPS) is 16.3. The van der Waals surface area contributed by atoms with E-state index in [9.17, 15) is 4.79 Å². The highest BCUT2D eigenvalue weighted by molar-refractivity contribution is 5.88. The summed E-state index contributed by atoms with van der Waals surface area (Å²) in [4.78, 5) is 15.9. The Kier molecular flexibility index (Phi) is 4.92. The number of rotatable bonds is 5. The van der Waals surface area contributed by atoms with Gasteiger partial charge < -0.3 is 19.9 Å². The van der Waals surface area contributed by atoms with Gasteiger partial charge in [-0.25, -0.2) is 4.98 Å². The van der Waals surface area contributed by atoms with Crippen molar-refractivity contribution in [2.24, 2.45) is 0 Å². The molecule has 4 rings (SSSR count). The molecule has 0 radical (unpaired) electrons. The maximum atomic E-state index is 11.1. The van der Waals surface area contributed by atoms with Crippen LogP contribution in [-0.2, 0) is 22.7 Å². The van der Waals surface area contributed by atoms with Crippen LogP contribution in [0.5, 0.6) is 0 Å². The number of carbonyl (C=O) groups excluding carboxylic acids is 1. The van der Waals surface area contributed by atoms with Crippen LogP contribution < -0.4 is 10.6 Å². The summed E-state index contributed by atoms with van der Waals surface area (Å²) in [6.07, 6.45) is 0. The lowest BCUT2D eigenvalue weighted by Crippen LogP contribution is -2.32. The summed E-state index contributed by atoms with van der Waals surface area (Å²) < 4.78 is 8.09. The predicted octanol–water partition coefficient (Wildman–Crippen LogP) is 3.16. The molecule has 27 heavy (non-hydrogen) atoms. The van der Waals surface area contributed by atoms with E-state index in [-0.39, 0.29) is 11.9 Å². The van der Waals surface area contributed by atoms with Crippen LogP contribution in [0.4, 0.5) is 5.69 Å². The van der Waals surface area contributed by atoms with E-state index < -0.39 is 0 Å². The topological polar surface area (TPSA) is 68.2 Å². The van der Waals surface area contributed by atoms with Gasteiger partial charge in [-0.2, -0.15) is 0 Å². The third-order valence-electron chi connectivity index (χ3n) is 4.88. The van der Waals surface area contributed by atoms with Crippen LogP contribution in [0.3, 0.4) is 0 Å². The summed E-state index contributed by atoms with van der Waals surface area (Å²) in [6.45, 7) is 6.42. The van der Waals surface area contributed by atoms with Crippen LogP contribution in [0.1, 0.15) is 29.9 Å². The van der Waals surface area contributed by atoms with Crippen molar-refractivity contribution in [1.82, 2.24) is 14.9 Å². The van der Waals surface area contributed by atoms with Gasteiger partial charge in [0.05, 0.1) is 23.7 Å². The number of nitrogens with zero attached hydrogens (tertiary/aromatic N) is 2. The number of hydrogen-bond acceptors (Lipinski definition) is 4. The highest BCUT2D eigenvalue weighted by Crippen LogP contribution is 2.27. The van der Waals surface area contributed by atoms with Gasteiger partial charge in [-0.1, -0.05) is 24.3 Å². The average molecular weight is 364 g/mol. The maximum absolute atomic E-state index is 11.1. The second-order valence-corrected chi connectivity index (χ2v) is 7.02. The molecule has 0 aliphatic carbocycles. The molecule has 2 aromatic carbocycles. The Hall–Kier alpha value is -2.70. The number of amides is 1. The lowest BCUT2D eigenvalue weighted by atomic mass is 10.2. The number of carbonyl (C=O) groups is 1. The van der Waals surface area contributed by atoms with Gasteiger partial charge >= 0.3 is 0 Å². The number of benzene rings is 2. The van der Waals surface area contributed by atoms with Gasteiger partial charge in [-0.05, 0) is 36.2 Å². The minimum Gasteiger partial charge on any atom is -0.371 e. The van der Waals surface area contributed by atoms with Crippen molar-refractivity contribution >= 4 is 22.6 Å². The zero-order valence-electron chi connectivity index (χ0n) is 15.7. The molecule has 1 atom stereocenters. The quantitative estimate of drug-likeness (QED) is 0.730. The third kappa shape index (κ3) is 3.72. The zero-order chi connectivity index (χ0) is 18.8. The van der Waals surface area contributed by atoms with Gasteiger partial charge in [0.25, 0.3) is 0 Å². The van der Waals surface area contributed by atoms with Crippen molar-refractivity contribution < 1.29 is 9.53 Å². The molecule has 1 aliphatic rings. The number of para-hydroxylation sites is 1. The number of fused-ring (bicyclic) bond motifs is 3. The number of aromatic nitrogens is 2.